The summed E-state index contributed by atoms with van der Waals surface area (Å²) in [6.07, 6.45) is 0. The van der Waals surface area contributed by atoms with Crippen molar-refractivity contribution in [1.29, 1.82) is 0 Å². The van der Waals surface area contributed by atoms with Crippen molar-refractivity contribution in [3.8, 4) is 0 Å². The molecule has 3 N–H and O–H groups in total. The van der Waals surface area contributed by atoms with Crippen LogP contribution in [0, 0.1) is 5.82 Å². The molecule has 27 heavy (non-hydrogen) atoms. The fraction of sp³-hybridized carbons (Fsp3) is 0.353. The van der Waals surface area contributed by atoms with Crippen LogP contribution < -0.4 is 15.4 Å². The monoisotopic (exact) mass is 411 g/mol. The van der Waals surface area contributed by atoms with Gasteiger partial charge in [-0.2, -0.15) is 0 Å². The summed E-state index contributed by atoms with van der Waals surface area (Å²) in [7, 11) is -3.47. The molecule has 10 heteroatoms. The molecule has 1 aliphatic heterocycles. The van der Waals surface area contributed by atoms with Crippen LogP contribution in [0.5, 0.6) is 0 Å². The molecule has 0 unspecified atom stereocenters. The zero-order chi connectivity index (χ0) is 19.3. The molecule has 146 valence electrons. The van der Waals surface area contributed by atoms with E-state index in [4.69, 9.17) is 5.73 Å². The number of nitrogens with two attached hydrogens (primary N) is 1. The van der Waals surface area contributed by atoms with Crippen LogP contribution in [0.2, 0.25) is 0 Å². The Balaban J connectivity index is 1.45. The summed E-state index contributed by atoms with van der Waals surface area (Å²) in [6.45, 7) is 3.38. The fourth-order valence-electron chi connectivity index (χ4n) is 2.78. The summed E-state index contributed by atoms with van der Waals surface area (Å²) in [5.74, 6) is 0.160. The summed E-state index contributed by atoms with van der Waals surface area (Å²) in [5, 5.41) is 1.72. The molecule has 0 aliphatic carbocycles. The standard InChI is InChI=1S/C17H22FN5O2S2/c18-14-3-5-15(6-4-14)22-9-11-23(12-10-22)17(19)20-7-8-21-27(24,25)16-2-1-13-26-16/h1-6,13,21H,7-12H2,(H2,19,20). The van der Waals surface area contributed by atoms with Crippen LogP contribution in [0.4, 0.5) is 10.1 Å². The Bertz CT molecular complexity index is 861. The van der Waals surface area contributed by atoms with Gasteiger partial charge in [-0.25, -0.2) is 17.5 Å². The van der Waals surface area contributed by atoms with Gasteiger partial charge in [-0.05, 0) is 35.7 Å². The van der Waals surface area contributed by atoms with Crippen LogP contribution >= 0.6 is 11.3 Å². The van der Waals surface area contributed by atoms with Crippen LogP contribution in [0.1, 0.15) is 0 Å². The second kappa shape index (κ2) is 8.68. The molecule has 0 atom stereocenters. The van der Waals surface area contributed by atoms with E-state index in [0.29, 0.717) is 19.0 Å². The van der Waals surface area contributed by atoms with Gasteiger partial charge in [0.25, 0.3) is 0 Å². The lowest BCUT2D eigenvalue weighted by atomic mass is 10.2. The Labute approximate surface area is 162 Å². The number of aliphatic imine (C=N–C) groups is 1. The summed E-state index contributed by atoms with van der Waals surface area (Å²) in [5.41, 5.74) is 7.01. The number of rotatable bonds is 6. The number of hydrogen-bond donors (Lipinski definition) is 2. The number of piperazine rings is 1. The quantitative estimate of drug-likeness (QED) is 0.425. The van der Waals surface area contributed by atoms with Crippen molar-refractivity contribution in [1.82, 2.24) is 9.62 Å². The fourth-order valence-corrected chi connectivity index (χ4v) is 4.84. The van der Waals surface area contributed by atoms with Crippen LogP contribution in [0.3, 0.4) is 0 Å². The van der Waals surface area contributed by atoms with Gasteiger partial charge < -0.3 is 15.5 Å². The number of benzene rings is 1. The Morgan fingerprint density at radius 2 is 1.89 bits per heavy atom. The average Bonchev–Trinajstić information content (AvgIpc) is 3.22. The van der Waals surface area contributed by atoms with E-state index in [1.165, 1.54) is 23.5 Å². The van der Waals surface area contributed by atoms with E-state index in [1.807, 2.05) is 4.90 Å². The second-order valence-corrected chi connectivity index (χ2v) is 8.96. The molecule has 7 nitrogen and oxygen atoms in total. The topological polar surface area (TPSA) is 91.0 Å². The zero-order valence-electron chi connectivity index (χ0n) is 14.7. The molecule has 1 fully saturated rings. The molecule has 2 aromatic rings. The molecule has 2 heterocycles. The van der Waals surface area contributed by atoms with Gasteiger partial charge in [-0.1, -0.05) is 6.07 Å². The molecule has 1 aliphatic rings. The lowest BCUT2D eigenvalue weighted by molar-refractivity contribution is 0.381. The van der Waals surface area contributed by atoms with Crippen molar-refractivity contribution in [3.05, 3.63) is 47.6 Å². The minimum absolute atomic E-state index is 0.191. The number of nitrogens with zero attached hydrogens (tertiary/aromatic N) is 3. The molecule has 1 aromatic heterocycles. The van der Waals surface area contributed by atoms with Crippen molar-refractivity contribution in [2.24, 2.45) is 10.7 Å². The number of sulfonamides is 1. The van der Waals surface area contributed by atoms with E-state index in [0.717, 1.165) is 18.8 Å². The Kier molecular flexibility index (Phi) is 6.30. The first-order valence-electron chi connectivity index (χ1n) is 8.54. The lowest BCUT2D eigenvalue weighted by Gasteiger charge is -2.36. The molecular formula is C17H22FN5O2S2. The Hall–Kier alpha value is -2.17. The summed E-state index contributed by atoms with van der Waals surface area (Å²) in [4.78, 5) is 8.40. The van der Waals surface area contributed by atoms with Crippen molar-refractivity contribution in [2.75, 3.05) is 44.2 Å². The molecule has 0 amide bonds. The number of anilines is 1. The van der Waals surface area contributed by atoms with E-state index < -0.39 is 10.0 Å². The predicted octanol–water partition coefficient (Wildman–Crippen LogP) is 1.30. The maximum Gasteiger partial charge on any atom is 0.250 e. The average molecular weight is 412 g/mol. The second-order valence-electron chi connectivity index (χ2n) is 6.02. The molecule has 0 bridgehead atoms. The summed E-state index contributed by atoms with van der Waals surface area (Å²) >= 11 is 1.17. The molecule has 3 rings (SSSR count). The van der Waals surface area contributed by atoms with E-state index in [2.05, 4.69) is 14.6 Å². The van der Waals surface area contributed by atoms with Crippen LogP contribution in [-0.2, 0) is 10.0 Å². The predicted molar refractivity (Wildman–Crippen MR) is 106 cm³/mol. The molecule has 1 saturated heterocycles. The summed E-state index contributed by atoms with van der Waals surface area (Å²) in [6, 6.07) is 9.69. The number of guanidine groups is 1. The highest BCUT2D eigenvalue weighted by Crippen LogP contribution is 2.17. The van der Waals surface area contributed by atoms with Gasteiger partial charge in [0.2, 0.25) is 10.0 Å². The number of thiophene rings is 1. The normalized spacial score (nSPS) is 16.0. The molecule has 0 radical (unpaired) electrons. The largest absolute Gasteiger partial charge is 0.370 e. The van der Waals surface area contributed by atoms with Gasteiger partial charge in [0.15, 0.2) is 5.96 Å². The Morgan fingerprint density at radius 1 is 1.19 bits per heavy atom. The van der Waals surface area contributed by atoms with Crippen LogP contribution in [-0.4, -0.2) is 58.5 Å². The van der Waals surface area contributed by atoms with Gasteiger partial charge in [-0.3, -0.25) is 4.99 Å². The van der Waals surface area contributed by atoms with E-state index in [1.54, 1.807) is 29.6 Å². The molecule has 0 spiro atoms. The zero-order valence-corrected chi connectivity index (χ0v) is 16.3. The third kappa shape index (κ3) is 5.18. The van der Waals surface area contributed by atoms with Crippen molar-refractivity contribution in [3.63, 3.8) is 0 Å². The van der Waals surface area contributed by atoms with Crippen molar-refractivity contribution >= 4 is 33.0 Å². The first kappa shape index (κ1) is 19.6. The maximum absolute atomic E-state index is 13.0. The smallest absolute Gasteiger partial charge is 0.250 e. The first-order chi connectivity index (χ1) is 13.0. The molecule has 1 aromatic carbocycles. The first-order valence-corrected chi connectivity index (χ1v) is 10.9. The molecular weight excluding hydrogens is 389 g/mol. The molecule has 0 saturated carbocycles. The Morgan fingerprint density at radius 3 is 2.52 bits per heavy atom. The van der Waals surface area contributed by atoms with E-state index in [9.17, 15) is 12.8 Å². The minimum atomic E-state index is -3.47. The highest BCUT2D eigenvalue weighted by atomic mass is 32.2. The lowest BCUT2D eigenvalue weighted by Crippen LogP contribution is -2.51. The van der Waals surface area contributed by atoms with E-state index in [-0.39, 0.29) is 23.1 Å². The summed E-state index contributed by atoms with van der Waals surface area (Å²) < 4.78 is 39.8. The number of halogens is 1. The maximum atomic E-state index is 13.0. The van der Waals surface area contributed by atoms with Gasteiger partial charge in [0, 0.05) is 38.4 Å². The van der Waals surface area contributed by atoms with Gasteiger partial charge in [0.1, 0.15) is 10.0 Å². The third-order valence-corrected chi connectivity index (χ3v) is 7.09. The third-order valence-electron chi connectivity index (χ3n) is 4.23. The van der Waals surface area contributed by atoms with Crippen molar-refractivity contribution in [2.45, 2.75) is 4.21 Å². The highest BCUT2D eigenvalue weighted by molar-refractivity contribution is 7.91. The number of hydrogen-bond acceptors (Lipinski definition) is 5. The van der Waals surface area contributed by atoms with Crippen LogP contribution in [0.15, 0.2) is 51.0 Å². The number of nitrogens with one attached hydrogen (secondary N) is 1. The van der Waals surface area contributed by atoms with Gasteiger partial charge in [0.05, 0.1) is 6.54 Å². The highest BCUT2D eigenvalue weighted by Gasteiger charge is 2.19. The SMILES string of the molecule is NC(=NCCNS(=O)(=O)c1cccs1)N1CCN(c2ccc(F)cc2)CC1. The van der Waals surface area contributed by atoms with Gasteiger partial charge >= 0.3 is 0 Å². The minimum Gasteiger partial charge on any atom is -0.370 e. The van der Waals surface area contributed by atoms with E-state index >= 15 is 0 Å². The van der Waals surface area contributed by atoms with Gasteiger partial charge in [-0.15, -0.1) is 11.3 Å². The van der Waals surface area contributed by atoms with Crippen molar-refractivity contribution < 1.29 is 12.8 Å². The van der Waals surface area contributed by atoms with Crippen LogP contribution in [0.25, 0.3) is 0 Å².